The zero-order valence-electron chi connectivity index (χ0n) is 29.9. The van der Waals surface area contributed by atoms with Gasteiger partial charge in [0.2, 0.25) is 0 Å². The van der Waals surface area contributed by atoms with Crippen LogP contribution in [0.25, 0.3) is 82.5 Å². The molecule has 258 valence electrons. The van der Waals surface area contributed by atoms with Gasteiger partial charge in [-0.2, -0.15) is 0 Å². The van der Waals surface area contributed by atoms with Crippen molar-refractivity contribution in [1.82, 2.24) is 4.57 Å². The summed E-state index contributed by atoms with van der Waals surface area (Å²) in [6, 6.07) is 73.8. The number of nitrogens with zero attached hydrogens (tertiary/aromatic N) is 2. The van der Waals surface area contributed by atoms with Gasteiger partial charge in [-0.25, -0.2) is 0 Å². The Balaban J connectivity index is 0.992. The molecule has 0 atom stereocenters. The predicted molar refractivity (Wildman–Crippen MR) is 231 cm³/mol. The Labute approximate surface area is 318 Å². The molecule has 55 heavy (non-hydrogen) atoms. The van der Waals surface area contributed by atoms with Crippen molar-refractivity contribution in [2.75, 3.05) is 4.90 Å². The molecule has 0 spiro atoms. The summed E-state index contributed by atoms with van der Waals surface area (Å²) in [7, 11) is 0. The maximum absolute atomic E-state index is 6.38. The minimum absolute atomic E-state index is 0.910. The van der Waals surface area contributed by atoms with Crippen molar-refractivity contribution in [1.29, 1.82) is 0 Å². The van der Waals surface area contributed by atoms with E-state index in [0.29, 0.717) is 0 Å². The minimum atomic E-state index is 0.910. The monoisotopic (exact) mass is 702 g/mol. The van der Waals surface area contributed by atoms with Gasteiger partial charge in [-0.15, -0.1) is 0 Å². The van der Waals surface area contributed by atoms with Gasteiger partial charge in [-0.1, -0.05) is 146 Å². The summed E-state index contributed by atoms with van der Waals surface area (Å²) in [5.41, 5.74) is 13.3. The van der Waals surface area contributed by atoms with Crippen molar-refractivity contribution in [3.05, 3.63) is 206 Å². The molecule has 0 aliphatic carbocycles. The number of hydrogen-bond acceptors (Lipinski definition) is 2. The third kappa shape index (κ3) is 5.13. The van der Waals surface area contributed by atoms with Gasteiger partial charge in [0, 0.05) is 55.2 Å². The Morgan fingerprint density at radius 3 is 1.76 bits per heavy atom. The van der Waals surface area contributed by atoms with Gasteiger partial charge in [0.1, 0.15) is 11.2 Å². The van der Waals surface area contributed by atoms with Crippen LogP contribution in [-0.2, 0) is 0 Å². The molecular weight excluding hydrogens is 669 g/mol. The Kier molecular flexibility index (Phi) is 7.17. The highest BCUT2D eigenvalue weighted by Crippen LogP contribution is 2.41. The molecule has 3 nitrogen and oxygen atoms in total. The number of rotatable bonds is 6. The van der Waals surface area contributed by atoms with Gasteiger partial charge in [0.15, 0.2) is 0 Å². The lowest BCUT2D eigenvalue weighted by Gasteiger charge is -2.26. The Bertz CT molecular complexity index is 3180. The van der Waals surface area contributed by atoms with E-state index in [0.717, 1.165) is 55.8 Å². The van der Waals surface area contributed by atoms with E-state index in [1.807, 2.05) is 12.1 Å². The summed E-state index contributed by atoms with van der Waals surface area (Å²) in [5.74, 6) is 0. The molecule has 0 amide bonds. The van der Waals surface area contributed by atoms with Crippen molar-refractivity contribution in [2.45, 2.75) is 0 Å². The third-order valence-corrected chi connectivity index (χ3v) is 11.0. The van der Waals surface area contributed by atoms with Gasteiger partial charge >= 0.3 is 0 Å². The highest BCUT2D eigenvalue weighted by Gasteiger charge is 2.18. The molecule has 0 aliphatic rings. The fourth-order valence-corrected chi connectivity index (χ4v) is 8.39. The molecule has 0 saturated heterocycles. The van der Waals surface area contributed by atoms with Crippen molar-refractivity contribution < 1.29 is 4.42 Å². The van der Waals surface area contributed by atoms with Crippen LogP contribution < -0.4 is 4.90 Å². The number of para-hydroxylation sites is 4. The maximum Gasteiger partial charge on any atom is 0.143 e. The average molecular weight is 703 g/mol. The molecule has 9 aromatic carbocycles. The molecule has 0 N–H and O–H groups in total. The third-order valence-electron chi connectivity index (χ3n) is 11.0. The second kappa shape index (κ2) is 12.6. The van der Waals surface area contributed by atoms with Crippen LogP contribution in [0.15, 0.2) is 211 Å². The summed E-state index contributed by atoms with van der Waals surface area (Å²) in [4.78, 5) is 2.32. The largest absolute Gasteiger partial charge is 0.455 e. The second-order valence-corrected chi connectivity index (χ2v) is 14.1. The first kappa shape index (κ1) is 31.2. The van der Waals surface area contributed by atoms with E-state index in [4.69, 9.17) is 4.42 Å². The summed E-state index contributed by atoms with van der Waals surface area (Å²) >= 11 is 0. The van der Waals surface area contributed by atoms with Gasteiger partial charge in [0.05, 0.1) is 11.0 Å². The first-order valence-electron chi connectivity index (χ1n) is 18.8. The number of aromatic nitrogens is 1. The number of anilines is 3. The van der Waals surface area contributed by atoms with E-state index < -0.39 is 0 Å². The molecule has 2 heterocycles. The van der Waals surface area contributed by atoms with E-state index in [9.17, 15) is 0 Å². The van der Waals surface area contributed by atoms with Gasteiger partial charge in [0.25, 0.3) is 0 Å². The number of fused-ring (bicyclic) bond motifs is 8. The number of benzene rings is 9. The average Bonchev–Trinajstić information content (AvgIpc) is 3.81. The molecular formula is C52H34N2O. The lowest BCUT2D eigenvalue weighted by atomic mass is 10.0. The fourth-order valence-electron chi connectivity index (χ4n) is 8.39. The van der Waals surface area contributed by atoms with Crippen LogP contribution in [0.4, 0.5) is 17.1 Å². The molecule has 11 rings (SSSR count). The quantitative estimate of drug-likeness (QED) is 0.172. The summed E-state index contributed by atoms with van der Waals surface area (Å²) in [6.45, 7) is 0. The molecule has 0 unspecified atom stereocenters. The van der Waals surface area contributed by atoms with Crippen LogP contribution in [0.2, 0.25) is 0 Å². The van der Waals surface area contributed by atoms with E-state index in [1.54, 1.807) is 0 Å². The molecule has 0 radical (unpaired) electrons. The first-order valence-corrected chi connectivity index (χ1v) is 18.8. The Morgan fingerprint density at radius 2 is 0.982 bits per heavy atom. The van der Waals surface area contributed by atoms with Crippen LogP contribution in [0.5, 0.6) is 0 Å². The van der Waals surface area contributed by atoms with E-state index >= 15 is 0 Å². The molecule has 0 saturated carbocycles. The van der Waals surface area contributed by atoms with Crippen LogP contribution in [0.3, 0.4) is 0 Å². The molecule has 0 aliphatic heterocycles. The molecule has 11 aromatic rings. The standard InChI is InChI=1S/C52H34N2O/c1-3-13-39(14-4-1)53(42-30-24-37(25-31-42)44-19-11-20-48-46-18-9-10-21-50(46)55-52(44)48)41-28-22-35(23-29-41)38-27-32-45-47-33-26-36-12-7-8-17-43(36)51(47)54(49(45)34-38)40-15-5-2-6-16-40/h1-34H. The topological polar surface area (TPSA) is 21.3 Å². The second-order valence-electron chi connectivity index (χ2n) is 14.1. The van der Waals surface area contributed by atoms with Crippen molar-refractivity contribution in [2.24, 2.45) is 0 Å². The number of furan rings is 1. The lowest BCUT2D eigenvalue weighted by Crippen LogP contribution is -2.09. The maximum atomic E-state index is 6.38. The highest BCUT2D eigenvalue weighted by atomic mass is 16.3. The molecule has 0 bridgehead atoms. The van der Waals surface area contributed by atoms with Gasteiger partial charge < -0.3 is 13.9 Å². The molecule has 3 heteroatoms. The van der Waals surface area contributed by atoms with Crippen LogP contribution >= 0.6 is 0 Å². The molecule has 2 aromatic heterocycles. The Hall–Kier alpha value is -7.36. The fraction of sp³-hybridized carbons (Fsp3) is 0. The molecule has 0 fully saturated rings. The summed E-state index contributed by atoms with van der Waals surface area (Å²) in [6.07, 6.45) is 0. The smallest absolute Gasteiger partial charge is 0.143 e. The minimum Gasteiger partial charge on any atom is -0.455 e. The normalized spacial score (nSPS) is 11.6. The van der Waals surface area contributed by atoms with E-state index in [1.165, 1.54) is 43.7 Å². The predicted octanol–water partition coefficient (Wildman–Crippen LogP) is 14.6. The summed E-state index contributed by atoms with van der Waals surface area (Å²) < 4.78 is 8.81. The zero-order valence-corrected chi connectivity index (χ0v) is 29.9. The van der Waals surface area contributed by atoms with E-state index in [-0.39, 0.29) is 0 Å². The van der Waals surface area contributed by atoms with Gasteiger partial charge in [-0.05, 0) is 82.7 Å². The van der Waals surface area contributed by atoms with E-state index in [2.05, 4.69) is 204 Å². The van der Waals surface area contributed by atoms with Crippen molar-refractivity contribution >= 4 is 71.6 Å². The summed E-state index contributed by atoms with van der Waals surface area (Å²) in [5, 5.41) is 7.29. The van der Waals surface area contributed by atoms with Gasteiger partial charge in [-0.3, -0.25) is 0 Å². The first-order chi connectivity index (χ1) is 27.3. The highest BCUT2D eigenvalue weighted by molar-refractivity contribution is 6.19. The lowest BCUT2D eigenvalue weighted by molar-refractivity contribution is 0.670. The van der Waals surface area contributed by atoms with Crippen LogP contribution in [-0.4, -0.2) is 4.57 Å². The van der Waals surface area contributed by atoms with Crippen LogP contribution in [0.1, 0.15) is 0 Å². The SMILES string of the molecule is c1ccc(N(c2ccc(-c3ccc4c5ccc6ccccc6c5n(-c5ccccc5)c4c3)cc2)c2ccc(-c3cccc4c3oc3ccccc34)cc2)cc1. The number of hydrogen-bond donors (Lipinski definition) is 0. The Morgan fingerprint density at radius 1 is 0.382 bits per heavy atom. The van der Waals surface area contributed by atoms with Crippen molar-refractivity contribution in [3.8, 4) is 27.9 Å². The van der Waals surface area contributed by atoms with Crippen molar-refractivity contribution in [3.63, 3.8) is 0 Å². The zero-order chi connectivity index (χ0) is 36.3. The van der Waals surface area contributed by atoms with Crippen LogP contribution in [0, 0.1) is 0 Å².